The van der Waals surface area contributed by atoms with Gasteiger partial charge < -0.3 is 10.4 Å². The Balaban J connectivity index is 1.88. The minimum absolute atomic E-state index is 0.308. The van der Waals surface area contributed by atoms with Gasteiger partial charge in [-0.25, -0.2) is 0 Å². The zero-order valence-electron chi connectivity index (χ0n) is 10.3. The van der Waals surface area contributed by atoms with Crippen LogP contribution in [0.5, 0.6) is 5.75 Å². The summed E-state index contributed by atoms with van der Waals surface area (Å²) < 4.78 is 1.14. The van der Waals surface area contributed by atoms with E-state index in [1.165, 1.54) is 16.7 Å². The highest BCUT2D eigenvalue weighted by molar-refractivity contribution is 9.10. The Hall–Kier alpha value is -1.32. The zero-order valence-corrected chi connectivity index (χ0v) is 11.9. The van der Waals surface area contributed by atoms with E-state index in [-0.39, 0.29) is 0 Å². The number of rotatable bonds is 4. The molecule has 3 heteroatoms. The van der Waals surface area contributed by atoms with E-state index in [0.717, 1.165) is 17.6 Å². The lowest BCUT2D eigenvalue weighted by Crippen LogP contribution is -2.12. The fourth-order valence-electron chi connectivity index (χ4n) is 1.78. The Kier molecular flexibility index (Phi) is 4.39. The number of benzene rings is 2. The lowest BCUT2D eigenvalue weighted by Gasteiger charge is -2.07. The summed E-state index contributed by atoms with van der Waals surface area (Å²) in [5.74, 6) is 0.308. The molecule has 18 heavy (non-hydrogen) atoms. The summed E-state index contributed by atoms with van der Waals surface area (Å²) in [5.41, 5.74) is 3.69. The number of aryl methyl sites for hydroxylation is 1. The Morgan fingerprint density at radius 1 is 1.00 bits per heavy atom. The number of halogens is 1. The molecule has 0 aromatic heterocycles. The third-order valence-corrected chi connectivity index (χ3v) is 3.71. The van der Waals surface area contributed by atoms with Crippen molar-refractivity contribution in [1.82, 2.24) is 5.32 Å². The van der Waals surface area contributed by atoms with Crippen LogP contribution in [0.1, 0.15) is 16.7 Å². The maximum atomic E-state index is 9.19. The Morgan fingerprint density at radius 2 is 1.61 bits per heavy atom. The van der Waals surface area contributed by atoms with Crippen molar-refractivity contribution in [3.05, 3.63) is 63.6 Å². The van der Waals surface area contributed by atoms with Crippen LogP contribution in [0.2, 0.25) is 0 Å². The van der Waals surface area contributed by atoms with Crippen LogP contribution in [0.4, 0.5) is 0 Å². The monoisotopic (exact) mass is 305 g/mol. The van der Waals surface area contributed by atoms with Gasteiger partial charge in [-0.05, 0) is 41.8 Å². The van der Waals surface area contributed by atoms with Crippen LogP contribution >= 0.6 is 15.9 Å². The molecule has 94 valence electrons. The summed E-state index contributed by atoms with van der Waals surface area (Å²) >= 11 is 3.50. The number of aromatic hydroxyl groups is 1. The van der Waals surface area contributed by atoms with Crippen LogP contribution < -0.4 is 5.32 Å². The van der Waals surface area contributed by atoms with Gasteiger partial charge in [0.2, 0.25) is 0 Å². The van der Waals surface area contributed by atoms with Crippen LogP contribution in [-0.4, -0.2) is 5.11 Å². The van der Waals surface area contributed by atoms with Gasteiger partial charge in [0.05, 0.1) is 0 Å². The highest BCUT2D eigenvalue weighted by Crippen LogP contribution is 2.17. The van der Waals surface area contributed by atoms with E-state index in [1.807, 2.05) is 12.1 Å². The topological polar surface area (TPSA) is 32.3 Å². The van der Waals surface area contributed by atoms with Crippen LogP contribution in [-0.2, 0) is 13.1 Å². The average Bonchev–Trinajstić information content (AvgIpc) is 2.36. The molecule has 0 radical (unpaired) electrons. The highest BCUT2D eigenvalue weighted by Gasteiger charge is 1.98. The van der Waals surface area contributed by atoms with Crippen molar-refractivity contribution in [2.45, 2.75) is 20.0 Å². The van der Waals surface area contributed by atoms with E-state index in [4.69, 9.17) is 0 Å². The maximum absolute atomic E-state index is 9.19. The van der Waals surface area contributed by atoms with Gasteiger partial charge in [0, 0.05) is 17.6 Å². The van der Waals surface area contributed by atoms with Gasteiger partial charge in [-0.15, -0.1) is 0 Å². The molecule has 0 saturated heterocycles. The Morgan fingerprint density at radius 3 is 2.28 bits per heavy atom. The van der Waals surface area contributed by atoms with Crippen molar-refractivity contribution < 1.29 is 5.11 Å². The number of nitrogens with one attached hydrogen (secondary N) is 1. The molecule has 0 amide bonds. The van der Waals surface area contributed by atoms with Crippen LogP contribution in [0.3, 0.4) is 0 Å². The smallest absolute Gasteiger partial charge is 0.115 e. The molecule has 0 spiro atoms. The van der Waals surface area contributed by atoms with Crippen molar-refractivity contribution >= 4 is 15.9 Å². The van der Waals surface area contributed by atoms with E-state index < -0.39 is 0 Å². The number of hydrogen-bond donors (Lipinski definition) is 2. The maximum Gasteiger partial charge on any atom is 0.115 e. The lowest BCUT2D eigenvalue weighted by molar-refractivity contribution is 0.475. The molecule has 0 aliphatic rings. The van der Waals surface area contributed by atoms with Crippen LogP contribution in [0.25, 0.3) is 0 Å². The van der Waals surface area contributed by atoms with Gasteiger partial charge in [-0.1, -0.05) is 40.2 Å². The molecule has 0 bridgehead atoms. The molecule has 2 nitrogen and oxygen atoms in total. The first kappa shape index (κ1) is 13.1. The van der Waals surface area contributed by atoms with Crippen molar-refractivity contribution in [2.24, 2.45) is 0 Å². The largest absolute Gasteiger partial charge is 0.508 e. The minimum atomic E-state index is 0.308. The molecule has 0 unspecified atom stereocenters. The average molecular weight is 306 g/mol. The van der Waals surface area contributed by atoms with Crippen molar-refractivity contribution in [3.63, 3.8) is 0 Å². The summed E-state index contributed by atoms with van der Waals surface area (Å²) in [5, 5.41) is 12.6. The number of hydrogen-bond acceptors (Lipinski definition) is 2. The molecular weight excluding hydrogens is 290 g/mol. The predicted octanol–water partition coefficient (Wildman–Crippen LogP) is 3.75. The van der Waals surface area contributed by atoms with Crippen molar-refractivity contribution in [2.75, 3.05) is 0 Å². The third kappa shape index (κ3) is 3.59. The normalized spacial score (nSPS) is 10.6. The summed E-state index contributed by atoms with van der Waals surface area (Å²) in [6.45, 7) is 3.73. The summed E-state index contributed by atoms with van der Waals surface area (Å²) in [6, 6.07) is 13.6. The molecule has 2 rings (SSSR count). The second-order valence-electron chi connectivity index (χ2n) is 4.35. The van der Waals surface area contributed by atoms with E-state index in [9.17, 15) is 5.11 Å². The predicted molar refractivity (Wildman–Crippen MR) is 77.5 cm³/mol. The summed E-state index contributed by atoms with van der Waals surface area (Å²) in [7, 11) is 0. The first-order valence-corrected chi connectivity index (χ1v) is 6.68. The Bertz CT molecular complexity index is 523. The van der Waals surface area contributed by atoms with Crippen LogP contribution in [0.15, 0.2) is 46.9 Å². The fraction of sp³-hybridized carbons (Fsp3) is 0.200. The molecule has 2 aromatic rings. The van der Waals surface area contributed by atoms with Crippen molar-refractivity contribution in [3.8, 4) is 5.75 Å². The summed E-state index contributed by atoms with van der Waals surface area (Å²) in [6.07, 6.45) is 0. The molecule has 2 aromatic carbocycles. The molecule has 0 saturated carbocycles. The second kappa shape index (κ2) is 6.03. The van der Waals surface area contributed by atoms with Crippen LogP contribution in [0, 0.1) is 6.92 Å². The van der Waals surface area contributed by atoms with E-state index in [1.54, 1.807) is 12.1 Å². The molecule has 2 N–H and O–H groups in total. The first-order chi connectivity index (χ1) is 8.65. The molecule has 0 aliphatic carbocycles. The number of phenols is 1. The SMILES string of the molecule is Cc1cc(CNCc2ccc(O)cc2)ccc1Br. The van der Waals surface area contributed by atoms with Gasteiger partial charge in [-0.3, -0.25) is 0 Å². The summed E-state index contributed by atoms with van der Waals surface area (Å²) in [4.78, 5) is 0. The van der Waals surface area contributed by atoms with Gasteiger partial charge in [0.25, 0.3) is 0 Å². The van der Waals surface area contributed by atoms with Gasteiger partial charge >= 0.3 is 0 Å². The van der Waals surface area contributed by atoms with E-state index in [0.29, 0.717) is 5.75 Å². The molecule has 0 fully saturated rings. The standard InChI is InChI=1S/C15H16BrNO/c1-11-8-13(4-7-15(11)16)10-17-9-12-2-5-14(18)6-3-12/h2-8,17-18H,9-10H2,1H3. The fourth-order valence-corrected chi connectivity index (χ4v) is 2.03. The Labute approximate surface area is 116 Å². The second-order valence-corrected chi connectivity index (χ2v) is 5.21. The lowest BCUT2D eigenvalue weighted by atomic mass is 10.1. The van der Waals surface area contributed by atoms with Crippen molar-refractivity contribution in [1.29, 1.82) is 0 Å². The minimum Gasteiger partial charge on any atom is -0.508 e. The highest BCUT2D eigenvalue weighted by atomic mass is 79.9. The van der Waals surface area contributed by atoms with E-state index >= 15 is 0 Å². The quantitative estimate of drug-likeness (QED) is 0.901. The molecule has 0 atom stereocenters. The molecule has 0 aliphatic heterocycles. The van der Waals surface area contributed by atoms with Gasteiger partial charge in [-0.2, -0.15) is 0 Å². The van der Waals surface area contributed by atoms with Gasteiger partial charge in [0.15, 0.2) is 0 Å². The van der Waals surface area contributed by atoms with Gasteiger partial charge in [0.1, 0.15) is 5.75 Å². The third-order valence-electron chi connectivity index (χ3n) is 2.82. The number of phenolic OH excluding ortho intramolecular Hbond substituents is 1. The first-order valence-electron chi connectivity index (χ1n) is 5.89. The molecular formula is C15H16BrNO. The van der Waals surface area contributed by atoms with E-state index in [2.05, 4.69) is 46.4 Å². The molecule has 0 heterocycles. The zero-order chi connectivity index (χ0) is 13.0.